The molecule has 1 aromatic heterocycles. The Morgan fingerprint density at radius 2 is 1.76 bits per heavy atom. The van der Waals surface area contributed by atoms with Crippen molar-refractivity contribution in [2.75, 3.05) is 19.8 Å². The number of carbonyl (C=O) groups excluding carboxylic acids is 2. The van der Waals surface area contributed by atoms with Crippen LogP contribution in [0, 0.1) is 17.6 Å². The monoisotopic (exact) mass is 660 g/mol. The van der Waals surface area contributed by atoms with Gasteiger partial charge < -0.3 is 19.5 Å². The molecule has 0 aliphatic carbocycles. The Kier molecular flexibility index (Phi) is 16.7. The molecule has 1 aliphatic rings. The largest absolute Gasteiger partial charge is 0.483 e. The highest BCUT2D eigenvalue weighted by Gasteiger charge is 2.32. The van der Waals surface area contributed by atoms with E-state index >= 15 is 0 Å². The van der Waals surface area contributed by atoms with Crippen LogP contribution in [-0.2, 0) is 30.9 Å². The number of hydrogen-bond acceptors (Lipinski definition) is 5. The molecule has 0 bridgehead atoms. The van der Waals surface area contributed by atoms with E-state index in [0.717, 1.165) is 24.2 Å². The number of aryl methyl sites for hydroxylation is 1. The van der Waals surface area contributed by atoms with Gasteiger partial charge in [0.25, 0.3) is 5.91 Å². The zero-order valence-electron chi connectivity index (χ0n) is 27.0. The summed E-state index contributed by atoms with van der Waals surface area (Å²) in [6.07, 6.45) is 1.34. The van der Waals surface area contributed by atoms with Gasteiger partial charge in [-0.2, -0.15) is 13.5 Å². The van der Waals surface area contributed by atoms with Gasteiger partial charge in [0.2, 0.25) is 11.3 Å². The van der Waals surface area contributed by atoms with Crippen LogP contribution in [-0.4, -0.2) is 52.0 Å². The fourth-order valence-electron chi connectivity index (χ4n) is 5.11. The number of amides is 2. The summed E-state index contributed by atoms with van der Waals surface area (Å²) in [6, 6.07) is 12.6. The van der Waals surface area contributed by atoms with Crippen molar-refractivity contribution in [3.05, 3.63) is 99.0 Å². The van der Waals surface area contributed by atoms with E-state index in [-0.39, 0.29) is 69.3 Å². The Morgan fingerprint density at radius 1 is 1.09 bits per heavy atom. The molecular formula is C35H50F2N4O4S. The summed E-state index contributed by atoms with van der Waals surface area (Å²) in [5.74, 6) is -2.00. The highest BCUT2D eigenvalue weighted by atomic mass is 32.1. The van der Waals surface area contributed by atoms with Gasteiger partial charge in [-0.1, -0.05) is 71.5 Å². The number of carbonyl (C=O) groups is 2. The minimum absolute atomic E-state index is 0. The summed E-state index contributed by atoms with van der Waals surface area (Å²) in [5.41, 5.74) is 0.425. The summed E-state index contributed by atoms with van der Waals surface area (Å²) in [7, 11) is 0. The van der Waals surface area contributed by atoms with Crippen molar-refractivity contribution in [3.8, 4) is 5.75 Å². The molecule has 2 aromatic carbocycles. The lowest BCUT2D eigenvalue weighted by Gasteiger charge is -2.23. The fraction of sp³-hybridized carbons (Fsp3) is 0.457. The van der Waals surface area contributed by atoms with Crippen molar-refractivity contribution in [1.29, 1.82) is 0 Å². The quantitative estimate of drug-likeness (QED) is 0.268. The van der Waals surface area contributed by atoms with E-state index in [0.29, 0.717) is 31.4 Å². The third-order valence-corrected chi connectivity index (χ3v) is 7.34. The molecule has 0 unspecified atom stereocenters. The van der Waals surface area contributed by atoms with Gasteiger partial charge in [0.05, 0.1) is 18.8 Å². The summed E-state index contributed by atoms with van der Waals surface area (Å²) >= 11 is 0. The highest BCUT2D eigenvalue weighted by molar-refractivity contribution is 7.59. The van der Waals surface area contributed by atoms with Gasteiger partial charge in [-0.25, -0.2) is 8.78 Å². The molecule has 3 aromatic rings. The molecule has 46 heavy (non-hydrogen) atoms. The Morgan fingerprint density at radius 3 is 2.37 bits per heavy atom. The molecule has 1 aliphatic heterocycles. The van der Waals surface area contributed by atoms with E-state index in [2.05, 4.69) is 31.0 Å². The van der Waals surface area contributed by atoms with Crippen LogP contribution in [0.3, 0.4) is 0 Å². The van der Waals surface area contributed by atoms with Gasteiger partial charge in [-0.15, -0.1) is 0 Å². The molecule has 0 radical (unpaired) electrons. The van der Waals surface area contributed by atoms with Crippen LogP contribution in [0.5, 0.6) is 5.75 Å². The molecule has 1 saturated heterocycles. The molecule has 1 N–H and O–H groups in total. The first kappa shape index (κ1) is 40.3. The van der Waals surface area contributed by atoms with E-state index in [1.54, 1.807) is 9.47 Å². The van der Waals surface area contributed by atoms with Crippen LogP contribution in [0.2, 0.25) is 0 Å². The molecule has 2 amide bonds. The summed E-state index contributed by atoms with van der Waals surface area (Å²) in [5, 5.41) is 2.55. The Bertz CT molecular complexity index is 1480. The normalized spacial score (nSPS) is 14.1. The molecule has 1 fully saturated rings. The molecule has 2 heterocycles. The topological polar surface area (TPSA) is 83.9 Å². The molecular weight excluding hydrogens is 610 g/mol. The molecule has 1 atom stereocenters. The molecule has 11 heteroatoms. The van der Waals surface area contributed by atoms with E-state index in [1.807, 2.05) is 51.1 Å². The van der Waals surface area contributed by atoms with Crippen molar-refractivity contribution >= 4 is 25.3 Å². The summed E-state index contributed by atoms with van der Waals surface area (Å²) in [6.45, 7) is 14.4. The van der Waals surface area contributed by atoms with Gasteiger partial charge in [0, 0.05) is 50.0 Å². The highest BCUT2D eigenvalue weighted by Crippen LogP contribution is 2.22. The number of hydrogen-bond donors (Lipinski definition) is 1. The lowest BCUT2D eigenvalue weighted by molar-refractivity contribution is -0.130. The average molecular weight is 661 g/mol. The van der Waals surface area contributed by atoms with Crippen LogP contribution < -0.4 is 15.5 Å². The second-order valence-corrected chi connectivity index (χ2v) is 11.1. The van der Waals surface area contributed by atoms with E-state index in [1.165, 1.54) is 12.3 Å². The van der Waals surface area contributed by atoms with E-state index in [4.69, 9.17) is 4.74 Å². The average Bonchev–Trinajstić information content (AvgIpc) is 3.37. The number of benzene rings is 2. The van der Waals surface area contributed by atoms with Crippen molar-refractivity contribution in [1.82, 2.24) is 19.7 Å². The first-order valence-corrected chi connectivity index (χ1v) is 15.2. The van der Waals surface area contributed by atoms with Crippen LogP contribution >= 0.6 is 13.5 Å². The minimum Gasteiger partial charge on any atom is -0.483 e. The Labute approximate surface area is 279 Å². The maximum absolute atomic E-state index is 14.1. The van der Waals surface area contributed by atoms with Gasteiger partial charge in [-0.3, -0.25) is 19.3 Å². The lowest BCUT2D eigenvalue weighted by Crippen LogP contribution is -2.35. The summed E-state index contributed by atoms with van der Waals surface area (Å²) in [4.78, 5) is 44.4. The molecule has 0 saturated carbocycles. The third kappa shape index (κ3) is 10.4. The van der Waals surface area contributed by atoms with Crippen LogP contribution in [0.15, 0.2) is 59.5 Å². The predicted molar refractivity (Wildman–Crippen MR) is 184 cm³/mol. The van der Waals surface area contributed by atoms with Gasteiger partial charge in [0.15, 0.2) is 5.75 Å². The predicted octanol–water partition coefficient (Wildman–Crippen LogP) is 6.12. The molecule has 8 nitrogen and oxygen atoms in total. The lowest BCUT2D eigenvalue weighted by atomic mass is 10.1. The smallest absolute Gasteiger partial charge is 0.257 e. The molecule has 0 spiro atoms. The van der Waals surface area contributed by atoms with Crippen LogP contribution in [0.1, 0.15) is 76.1 Å². The maximum Gasteiger partial charge on any atom is 0.257 e. The maximum atomic E-state index is 14.1. The second kappa shape index (κ2) is 19.1. The first-order chi connectivity index (χ1) is 21.1. The van der Waals surface area contributed by atoms with Gasteiger partial charge in [0.1, 0.15) is 23.8 Å². The minimum atomic E-state index is -0.801. The zero-order valence-corrected chi connectivity index (χ0v) is 28.0. The number of nitrogens with zero attached hydrogens (tertiary/aromatic N) is 3. The first-order valence-electron chi connectivity index (χ1n) is 15.2. The molecule has 4 rings (SSSR count). The van der Waals surface area contributed by atoms with Crippen LogP contribution in [0.25, 0.3) is 0 Å². The number of halogens is 2. The zero-order chi connectivity index (χ0) is 32.4. The number of pyridine rings is 1. The number of ether oxygens (including phenoxy) is 1. The van der Waals surface area contributed by atoms with Gasteiger partial charge in [-0.05, 0) is 31.4 Å². The third-order valence-electron chi connectivity index (χ3n) is 7.34. The second-order valence-electron chi connectivity index (χ2n) is 11.1. The SMILES string of the molecule is C.CC.CCn1cc(C(=O)NCc2ccc(F)cc2F)c(=O)c(OCc2ccccc2)c1CC(=O)N1C[C@H](C)N(CC(C)C)C1.S. The summed E-state index contributed by atoms with van der Waals surface area (Å²) < 4.78 is 35.1. The Balaban J connectivity index is 0.00000259. The number of rotatable bonds is 11. The van der Waals surface area contributed by atoms with Crippen molar-refractivity contribution in [2.45, 2.75) is 81.1 Å². The van der Waals surface area contributed by atoms with Crippen LogP contribution in [0.4, 0.5) is 8.78 Å². The number of aromatic nitrogens is 1. The Hall–Kier alpha value is -3.70. The van der Waals surface area contributed by atoms with E-state index in [9.17, 15) is 23.2 Å². The standard InChI is InChI=1S/C32H38F2N4O4.C2H6.CH4.H2S/c1-5-36-18-26(32(41)35-15-24-11-12-25(33)13-27(24)34)30(40)31(42-19-23-9-7-6-8-10-23)28(36)14-29(39)38-17-22(4)37(20-38)16-21(2)3;1-2;;/h6-13,18,21-22H,5,14-17,19-20H2,1-4H3,(H,35,41);1-2H3;1H4;1H2/t22-;;;/m0.../s1. The van der Waals surface area contributed by atoms with Crippen molar-refractivity contribution < 1.29 is 23.1 Å². The fourth-order valence-corrected chi connectivity index (χ4v) is 5.11. The van der Waals surface area contributed by atoms with Crippen molar-refractivity contribution in [2.24, 2.45) is 5.92 Å². The number of nitrogens with one attached hydrogen (secondary N) is 1. The van der Waals surface area contributed by atoms with E-state index < -0.39 is 23.0 Å². The van der Waals surface area contributed by atoms with Gasteiger partial charge >= 0.3 is 0 Å². The molecule has 254 valence electrons. The van der Waals surface area contributed by atoms with Crippen molar-refractivity contribution in [3.63, 3.8) is 0 Å².